The minimum absolute atomic E-state index is 0.00450. The Morgan fingerprint density at radius 3 is 2.78 bits per heavy atom. The summed E-state index contributed by atoms with van der Waals surface area (Å²) in [6, 6.07) is 7.57. The van der Waals surface area contributed by atoms with Crippen LogP contribution in [0.1, 0.15) is 18.9 Å². The van der Waals surface area contributed by atoms with E-state index in [2.05, 4.69) is 10.3 Å². The molecule has 23 heavy (non-hydrogen) atoms. The second-order valence-corrected chi connectivity index (χ2v) is 5.46. The Morgan fingerprint density at radius 1 is 1.30 bits per heavy atom. The van der Waals surface area contributed by atoms with Crippen molar-refractivity contribution in [3.63, 3.8) is 0 Å². The summed E-state index contributed by atoms with van der Waals surface area (Å²) in [5, 5.41) is 7.86. The van der Waals surface area contributed by atoms with Crippen LogP contribution in [0.2, 0.25) is 0 Å². The maximum absolute atomic E-state index is 12.3. The molecular weight excluding hydrogens is 296 g/mol. The topological polar surface area (TPSA) is 69.5 Å². The van der Waals surface area contributed by atoms with Gasteiger partial charge in [-0.1, -0.05) is 11.3 Å². The van der Waals surface area contributed by atoms with Crippen LogP contribution in [-0.2, 0) is 4.79 Å². The zero-order chi connectivity index (χ0) is 16.1. The lowest BCUT2D eigenvalue weighted by Gasteiger charge is -2.31. The van der Waals surface area contributed by atoms with Gasteiger partial charge < -0.3 is 14.4 Å². The van der Waals surface area contributed by atoms with Gasteiger partial charge in [-0.25, -0.2) is 4.68 Å². The van der Waals surface area contributed by atoms with Gasteiger partial charge in [0.15, 0.2) is 6.61 Å². The Morgan fingerprint density at radius 2 is 2.09 bits per heavy atom. The molecule has 2 heterocycles. The van der Waals surface area contributed by atoms with E-state index in [4.69, 9.17) is 9.47 Å². The van der Waals surface area contributed by atoms with E-state index in [1.165, 1.54) is 0 Å². The van der Waals surface area contributed by atoms with Crippen LogP contribution in [-0.4, -0.2) is 52.6 Å². The fraction of sp³-hybridized carbons (Fsp3) is 0.438. The first-order valence-electron chi connectivity index (χ1n) is 7.66. The number of benzene rings is 1. The van der Waals surface area contributed by atoms with Crippen molar-refractivity contribution >= 4 is 5.91 Å². The van der Waals surface area contributed by atoms with E-state index in [-0.39, 0.29) is 12.5 Å². The standard InChI is InChI=1S/C16H20N4O3/c1-22-14-3-2-4-15(11-14)23-12-16(21)19-8-5-13(6-9-19)20-10-7-17-18-20/h2-4,7,10-11,13H,5-6,8-9,12H2,1H3. The molecule has 1 fully saturated rings. The van der Waals surface area contributed by atoms with Crippen molar-refractivity contribution in [2.24, 2.45) is 0 Å². The number of rotatable bonds is 5. The van der Waals surface area contributed by atoms with Gasteiger partial charge in [0.1, 0.15) is 11.5 Å². The molecule has 0 bridgehead atoms. The number of methoxy groups -OCH3 is 1. The maximum Gasteiger partial charge on any atom is 0.260 e. The van der Waals surface area contributed by atoms with E-state index < -0.39 is 0 Å². The molecule has 0 saturated carbocycles. The van der Waals surface area contributed by atoms with E-state index in [9.17, 15) is 4.79 Å². The third kappa shape index (κ3) is 3.80. The second-order valence-electron chi connectivity index (χ2n) is 5.46. The van der Waals surface area contributed by atoms with Crippen molar-refractivity contribution in [1.29, 1.82) is 0 Å². The van der Waals surface area contributed by atoms with E-state index in [0.29, 0.717) is 30.6 Å². The number of nitrogens with zero attached hydrogens (tertiary/aromatic N) is 4. The highest BCUT2D eigenvalue weighted by molar-refractivity contribution is 5.77. The summed E-state index contributed by atoms with van der Waals surface area (Å²) in [7, 11) is 1.60. The molecule has 122 valence electrons. The Bertz CT molecular complexity index is 637. The highest BCUT2D eigenvalue weighted by Gasteiger charge is 2.24. The average molecular weight is 316 g/mol. The van der Waals surface area contributed by atoms with Crippen molar-refractivity contribution in [2.75, 3.05) is 26.8 Å². The molecule has 1 aliphatic heterocycles. The number of aromatic nitrogens is 3. The molecular formula is C16H20N4O3. The van der Waals surface area contributed by atoms with Crippen LogP contribution < -0.4 is 9.47 Å². The predicted molar refractivity (Wildman–Crippen MR) is 83.4 cm³/mol. The number of likely N-dealkylation sites (tertiary alicyclic amines) is 1. The number of carbonyl (C=O) groups excluding carboxylic acids is 1. The molecule has 1 aromatic carbocycles. The van der Waals surface area contributed by atoms with E-state index in [0.717, 1.165) is 12.8 Å². The Hall–Kier alpha value is -2.57. The molecule has 1 saturated heterocycles. The van der Waals surface area contributed by atoms with Crippen molar-refractivity contribution < 1.29 is 14.3 Å². The monoisotopic (exact) mass is 316 g/mol. The number of piperidine rings is 1. The Labute approximate surface area is 134 Å². The number of carbonyl (C=O) groups is 1. The molecule has 7 heteroatoms. The van der Waals surface area contributed by atoms with Crippen LogP contribution in [0.5, 0.6) is 11.5 Å². The quantitative estimate of drug-likeness (QED) is 0.836. The summed E-state index contributed by atoms with van der Waals surface area (Å²) < 4.78 is 12.6. The summed E-state index contributed by atoms with van der Waals surface area (Å²) in [4.78, 5) is 14.1. The van der Waals surface area contributed by atoms with Crippen LogP contribution in [0.3, 0.4) is 0 Å². The smallest absolute Gasteiger partial charge is 0.260 e. The van der Waals surface area contributed by atoms with E-state index >= 15 is 0 Å². The van der Waals surface area contributed by atoms with Crippen LogP contribution in [0.4, 0.5) is 0 Å². The molecule has 0 spiro atoms. The highest BCUT2D eigenvalue weighted by Crippen LogP contribution is 2.22. The summed E-state index contributed by atoms with van der Waals surface area (Å²) in [6.07, 6.45) is 5.32. The third-order valence-electron chi connectivity index (χ3n) is 4.04. The summed E-state index contributed by atoms with van der Waals surface area (Å²) in [6.45, 7) is 1.47. The van der Waals surface area contributed by atoms with Crippen LogP contribution in [0, 0.1) is 0 Å². The predicted octanol–water partition coefficient (Wildman–Crippen LogP) is 1.53. The lowest BCUT2D eigenvalue weighted by molar-refractivity contribution is -0.134. The minimum atomic E-state index is 0.00450. The highest BCUT2D eigenvalue weighted by atomic mass is 16.5. The van der Waals surface area contributed by atoms with Gasteiger partial charge in [0.25, 0.3) is 5.91 Å². The van der Waals surface area contributed by atoms with Crippen LogP contribution >= 0.6 is 0 Å². The first-order chi connectivity index (χ1) is 11.3. The van der Waals surface area contributed by atoms with Gasteiger partial charge in [-0.15, -0.1) is 5.10 Å². The fourth-order valence-corrected chi connectivity index (χ4v) is 2.72. The van der Waals surface area contributed by atoms with Gasteiger partial charge >= 0.3 is 0 Å². The first-order valence-corrected chi connectivity index (χ1v) is 7.66. The molecule has 0 atom stereocenters. The Kier molecular flexibility index (Phi) is 4.75. The number of hydrogen-bond acceptors (Lipinski definition) is 5. The van der Waals surface area contributed by atoms with Gasteiger partial charge in [-0.3, -0.25) is 4.79 Å². The molecule has 0 N–H and O–H groups in total. The summed E-state index contributed by atoms with van der Waals surface area (Å²) in [5.41, 5.74) is 0. The lowest BCUT2D eigenvalue weighted by Crippen LogP contribution is -2.41. The van der Waals surface area contributed by atoms with Gasteiger partial charge in [-0.2, -0.15) is 0 Å². The van der Waals surface area contributed by atoms with Crippen molar-refractivity contribution in [3.05, 3.63) is 36.7 Å². The molecule has 2 aromatic rings. The average Bonchev–Trinajstić information content (AvgIpc) is 3.14. The van der Waals surface area contributed by atoms with Gasteiger partial charge in [0, 0.05) is 25.4 Å². The van der Waals surface area contributed by atoms with E-state index in [1.54, 1.807) is 19.4 Å². The van der Waals surface area contributed by atoms with Gasteiger partial charge in [0.2, 0.25) is 0 Å². The van der Waals surface area contributed by atoms with Gasteiger partial charge in [-0.05, 0) is 25.0 Å². The van der Waals surface area contributed by atoms with Crippen molar-refractivity contribution in [3.8, 4) is 11.5 Å². The zero-order valence-corrected chi connectivity index (χ0v) is 13.1. The SMILES string of the molecule is COc1cccc(OCC(=O)N2CCC(n3ccnn3)CC2)c1. The summed E-state index contributed by atoms with van der Waals surface area (Å²) >= 11 is 0. The lowest BCUT2D eigenvalue weighted by atomic mass is 10.1. The molecule has 3 rings (SSSR count). The van der Waals surface area contributed by atoms with Crippen molar-refractivity contribution in [1.82, 2.24) is 19.9 Å². The number of ether oxygens (including phenoxy) is 2. The molecule has 1 aromatic heterocycles. The van der Waals surface area contributed by atoms with E-state index in [1.807, 2.05) is 34.0 Å². The zero-order valence-electron chi connectivity index (χ0n) is 13.1. The number of hydrogen-bond donors (Lipinski definition) is 0. The number of amides is 1. The molecule has 0 aliphatic carbocycles. The molecule has 0 radical (unpaired) electrons. The largest absolute Gasteiger partial charge is 0.497 e. The van der Waals surface area contributed by atoms with Crippen LogP contribution in [0.15, 0.2) is 36.7 Å². The summed E-state index contributed by atoms with van der Waals surface area (Å²) in [5.74, 6) is 1.35. The first kappa shape index (κ1) is 15.3. The van der Waals surface area contributed by atoms with Gasteiger partial charge in [0.05, 0.1) is 19.3 Å². The Balaban J connectivity index is 1.48. The normalized spacial score (nSPS) is 15.4. The molecule has 0 unspecified atom stereocenters. The van der Waals surface area contributed by atoms with Crippen LogP contribution in [0.25, 0.3) is 0 Å². The van der Waals surface area contributed by atoms with Crippen molar-refractivity contribution in [2.45, 2.75) is 18.9 Å². The molecule has 7 nitrogen and oxygen atoms in total. The third-order valence-corrected chi connectivity index (χ3v) is 4.04. The molecule has 1 aliphatic rings. The maximum atomic E-state index is 12.3. The minimum Gasteiger partial charge on any atom is -0.497 e. The fourth-order valence-electron chi connectivity index (χ4n) is 2.72. The molecule has 1 amide bonds. The second kappa shape index (κ2) is 7.13.